The van der Waals surface area contributed by atoms with Crippen LogP contribution in [0.4, 0.5) is 0 Å². The normalized spacial score (nSPS) is 23.6. The molecule has 3 nitrogen and oxygen atoms in total. The van der Waals surface area contributed by atoms with E-state index >= 15 is 0 Å². The molecule has 1 heterocycles. The van der Waals surface area contributed by atoms with Crippen LogP contribution in [0, 0.1) is 17.3 Å². The minimum Gasteiger partial charge on any atom is -0.396 e. The van der Waals surface area contributed by atoms with E-state index in [1.54, 1.807) is 0 Å². The number of aliphatic hydroxyl groups excluding tert-OH is 1. The predicted octanol–water partition coefficient (Wildman–Crippen LogP) is 1.90. The first-order valence-electron chi connectivity index (χ1n) is 6.23. The van der Waals surface area contributed by atoms with Crippen LogP contribution in [-0.4, -0.2) is 35.6 Å². The fraction of sp³-hybridized carbons (Fsp3) is 0.923. The van der Waals surface area contributed by atoms with Crippen LogP contribution < -0.4 is 0 Å². The summed E-state index contributed by atoms with van der Waals surface area (Å²) in [6.07, 6.45) is 1.58. The molecule has 0 aromatic carbocycles. The van der Waals surface area contributed by atoms with Crippen LogP contribution in [0.2, 0.25) is 0 Å². The summed E-state index contributed by atoms with van der Waals surface area (Å²) in [5, 5.41) is 9.04. The molecular formula is C13H25NO2. The Kier molecular flexibility index (Phi) is 4.36. The van der Waals surface area contributed by atoms with Crippen LogP contribution in [0.25, 0.3) is 0 Å². The number of rotatable bonds is 3. The van der Waals surface area contributed by atoms with E-state index in [1.165, 1.54) is 0 Å². The molecule has 94 valence electrons. The van der Waals surface area contributed by atoms with E-state index in [2.05, 4.69) is 27.7 Å². The minimum absolute atomic E-state index is 0.186. The Morgan fingerprint density at radius 3 is 2.56 bits per heavy atom. The number of hydrogen-bond donors (Lipinski definition) is 1. The molecule has 2 atom stereocenters. The second-order valence-corrected chi connectivity index (χ2v) is 6.15. The van der Waals surface area contributed by atoms with Gasteiger partial charge in [-0.3, -0.25) is 4.79 Å². The van der Waals surface area contributed by atoms with Gasteiger partial charge in [0.05, 0.1) is 0 Å². The first-order chi connectivity index (χ1) is 7.34. The summed E-state index contributed by atoms with van der Waals surface area (Å²) < 4.78 is 0. The molecule has 1 N–H and O–H groups in total. The Hall–Kier alpha value is -0.570. The summed E-state index contributed by atoms with van der Waals surface area (Å²) in [5.41, 5.74) is 0.186. The number of aliphatic hydroxyl groups is 1. The second-order valence-electron chi connectivity index (χ2n) is 6.15. The van der Waals surface area contributed by atoms with Gasteiger partial charge in [-0.1, -0.05) is 27.7 Å². The molecule has 1 rings (SSSR count). The number of carbonyl (C=O) groups is 1. The lowest BCUT2D eigenvalue weighted by Crippen LogP contribution is -2.32. The molecule has 3 heteroatoms. The number of hydrogen-bond acceptors (Lipinski definition) is 2. The Labute approximate surface area is 98.8 Å². The van der Waals surface area contributed by atoms with Crippen molar-refractivity contribution in [3.63, 3.8) is 0 Å². The molecule has 1 aliphatic rings. The molecule has 1 amide bonds. The van der Waals surface area contributed by atoms with Crippen molar-refractivity contribution in [2.24, 2.45) is 17.3 Å². The Bertz CT molecular complexity index is 245. The molecule has 0 bridgehead atoms. The van der Waals surface area contributed by atoms with Crippen LogP contribution in [-0.2, 0) is 4.79 Å². The highest BCUT2D eigenvalue weighted by molar-refractivity contribution is 5.76. The SMILES string of the molecule is CC(CC(=O)N1CCC(CO)C1)C(C)(C)C. The lowest BCUT2D eigenvalue weighted by Gasteiger charge is -2.28. The maximum absolute atomic E-state index is 12.0. The van der Waals surface area contributed by atoms with Gasteiger partial charge < -0.3 is 10.0 Å². The lowest BCUT2D eigenvalue weighted by molar-refractivity contribution is -0.132. The second kappa shape index (κ2) is 5.17. The van der Waals surface area contributed by atoms with E-state index < -0.39 is 0 Å². The Balaban J connectivity index is 2.42. The smallest absolute Gasteiger partial charge is 0.222 e. The van der Waals surface area contributed by atoms with E-state index in [-0.39, 0.29) is 17.9 Å². The predicted molar refractivity (Wildman–Crippen MR) is 65.0 cm³/mol. The monoisotopic (exact) mass is 227 g/mol. The fourth-order valence-corrected chi connectivity index (χ4v) is 1.91. The first-order valence-corrected chi connectivity index (χ1v) is 6.23. The largest absolute Gasteiger partial charge is 0.396 e. The number of amides is 1. The van der Waals surface area contributed by atoms with Gasteiger partial charge in [0.15, 0.2) is 0 Å². The van der Waals surface area contributed by atoms with E-state index in [4.69, 9.17) is 5.11 Å². The molecule has 16 heavy (non-hydrogen) atoms. The van der Waals surface area contributed by atoms with Gasteiger partial charge in [0.2, 0.25) is 5.91 Å². The summed E-state index contributed by atoms with van der Waals surface area (Å²) in [6.45, 7) is 10.4. The number of nitrogens with zero attached hydrogens (tertiary/aromatic N) is 1. The van der Waals surface area contributed by atoms with Crippen LogP contribution in [0.15, 0.2) is 0 Å². The van der Waals surface area contributed by atoms with Crippen molar-refractivity contribution in [2.75, 3.05) is 19.7 Å². The van der Waals surface area contributed by atoms with Gasteiger partial charge in [0, 0.05) is 32.0 Å². The van der Waals surface area contributed by atoms with E-state index in [9.17, 15) is 4.79 Å². The van der Waals surface area contributed by atoms with Crippen molar-refractivity contribution in [1.29, 1.82) is 0 Å². The summed E-state index contributed by atoms with van der Waals surface area (Å²) in [6, 6.07) is 0. The van der Waals surface area contributed by atoms with E-state index in [1.807, 2.05) is 4.90 Å². The van der Waals surface area contributed by atoms with Gasteiger partial charge in [0.1, 0.15) is 0 Å². The highest BCUT2D eigenvalue weighted by Gasteiger charge is 2.29. The van der Waals surface area contributed by atoms with Crippen molar-refractivity contribution in [3.05, 3.63) is 0 Å². The molecule has 1 fully saturated rings. The van der Waals surface area contributed by atoms with Gasteiger partial charge in [-0.2, -0.15) is 0 Å². The highest BCUT2D eigenvalue weighted by atomic mass is 16.3. The average molecular weight is 227 g/mol. The third-order valence-corrected chi connectivity index (χ3v) is 3.86. The van der Waals surface area contributed by atoms with Gasteiger partial charge in [-0.25, -0.2) is 0 Å². The van der Waals surface area contributed by atoms with Crippen molar-refractivity contribution >= 4 is 5.91 Å². The molecule has 0 spiro atoms. The van der Waals surface area contributed by atoms with Crippen LogP contribution >= 0.6 is 0 Å². The molecule has 1 saturated heterocycles. The number of carbonyl (C=O) groups excluding carboxylic acids is 1. The van der Waals surface area contributed by atoms with Crippen LogP contribution in [0.5, 0.6) is 0 Å². The van der Waals surface area contributed by atoms with Crippen molar-refractivity contribution in [2.45, 2.75) is 40.5 Å². The van der Waals surface area contributed by atoms with Crippen molar-refractivity contribution in [1.82, 2.24) is 4.90 Å². The van der Waals surface area contributed by atoms with Crippen LogP contribution in [0.1, 0.15) is 40.5 Å². The standard InChI is InChI=1S/C13H25NO2/c1-10(13(2,3)4)7-12(16)14-6-5-11(8-14)9-15/h10-11,15H,5-9H2,1-4H3. The third-order valence-electron chi connectivity index (χ3n) is 3.86. The van der Waals surface area contributed by atoms with Gasteiger partial charge in [-0.15, -0.1) is 0 Å². The van der Waals surface area contributed by atoms with Crippen molar-refractivity contribution < 1.29 is 9.90 Å². The number of likely N-dealkylation sites (tertiary alicyclic amines) is 1. The Morgan fingerprint density at radius 2 is 2.12 bits per heavy atom. The molecular weight excluding hydrogens is 202 g/mol. The molecule has 0 aromatic rings. The summed E-state index contributed by atoms with van der Waals surface area (Å²) in [5.74, 6) is 0.945. The van der Waals surface area contributed by atoms with E-state index in [0.717, 1.165) is 19.5 Å². The average Bonchev–Trinajstić information content (AvgIpc) is 2.64. The molecule has 0 aromatic heterocycles. The molecule has 0 radical (unpaired) electrons. The summed E-state index contributed by atoms with van der Waals surface area (Å²) >= 11 is 0. The first kappa shape index (κ1) is 13.5. The van der Waals surface area contributed by atoms with E-state index in [0.29, 0.717) is 18.3 Å². The Morgan fingerprint density at radius 1 is 1.50 bits per heavy atom. The van der Waals surface area contributed by atoms with Crippen molar-refractivity contribution in [3.8, 4) is 0 Å². The maximum Gasteiger partial charge on any atom is 0.222 e. The zero-order chi connectivity index (χ0) is 12.3. The molecule has 0 saturated carbocycles. The van der Waals surface area contributed by atoms with Crippen LogP contribution in [0.3, 0.4) is 0 Å². The quantitative estimate of drug-likeness (QED) is 0.800. The highest BCUT2D eigenvalue weighted by Crippen LogP contribution is 2.29. The lowest BCUT2D eigenvalue weighted by atomic mass is 9.80. The molecule has 0 aliphatic carbocycles. The third kappa shape index (κ3) is 3.48. The van der Waals surface area contributed by atoms with Gasteiger partial charge >= 0.3 is 0 Å². The minimum atomic E-state index is 0.186. The molecule has 2 unspecified atom stereocenters. The maximum atomic E-state index is 12.0. The summed E-state index contributed by atoms with van der Waals surface area (Å²) in [4.78, 5) is 13.9. The zero-order valence-electron chi connectivity index (χ0n) is 11.0. The topological polar surface area (TPSA) is 40.5 Å². The molecule has 1 aliphatic heterocycles. The summed E-state index contributed by atoms with van der Waals surface area (Å²) in [7, 11) is 0. The van der Waals surface area contributed by atoms with Gasteiger partial charge in [0.25, 0.3) is 0 Å². The van der Waals surface area contributed by atoms with Gasteiger partial charge in [-0.05, 0) is 17.8 Å². The fourth-order valence-electron chi connectivity index (χ4n) is 1.91. The zero-order valence-corrected chi connectivity index (χ0v) is 11.0.